The molecule has 3 aromatic rings. The Balaban J connectivity index is 1.74. The van der Waals surface area contributed by atoms with E-state index in [4.69, 9.17) is 0 Å². The second-order valence-electron chi connectivity index (χ2n) is 6.03. The van der Waals surface area contributed by atoms with Crippen LogP contribution >= 0.6 is 11.8 Å². The molecule has 0 fully saturated rings. The van der Waals surface area contributed by atoms with Crippen LogP contribution < -0.4 is 10.9 Å². The van der Waals surface area contributed by atoms with Crippen molar-refractivity contribution in [3.63, 3.8) is 0 Å². The molecule has 1 heterocycles. The van der Waals surface area contributed by atoms with Gasteiger partial charge in [-0.05, 0) is 42.5 Å². The lowest BCUT2D eigenvalue weighted by atomic mass is 10.1. The molecule has 26 heavy (non-hydrogen) atoms. The summed E-state index contributed by atoms with van der Waals surface area (Å²) in [7, 11) is 0. The normalized spacial score (nSPS) is 10.7. The van der Waals surface area contributed by atoms with Crippen LogP contribution in [0, 0.1) is 0 Å². The number of hydrogen-bond acceptors (Lipinski definition) is 4. The van der Waals surface area contributed by atoms with E-state index in [0.29, 0.717) is 22.2 Å². The number of carbonyl (C=O) groups is 1. The Hall–Kier alpha value is -2.86. The third-order valence-corrected chi connectivity index (χ3v) is 4.60. The van der Waals surface area contributed by atoms with Crippen molar-refractivity contribution < 1.29 is 4.79 Å². The number of aromatic nitrogens is 2. The summed E-state index contributed by atoms with van der Waals surface area (Å²) in [6.07, 6.45) is 0. The summed E-state index contributed by atoms with van der Waals surface area (Å²) < 4.78 is 0. The number of thioether (sulfide) groups is 1. The van der Waals surface area contributed by atoms with Crippen molar-refractivity contribution in [1.82, 2.24) is 10.2 Å². The van der Waals surface area contributed by atoms with Crippen molar-refractivity contribution in [2.75, 3.05) is 5.32 Å². The molecule has 0 saturated heterocycles. The average molecular weight is 365 g/mol. The van der Waals surface area contributed by atoms with Crippen molar-refractivity contribution >= 4 is 23.4 Å². The number of rotatable bonds is 5. The van der Waals surface area contributed by atoms with Crippen molar-refractivity contribution in [1.29, 1.82) is 0 Å². The fraction of sp³-hybridized carbons (Fsp3) is 0.150. The molecule has 0 bridgehead atoms. The molecule has 2 N–H and O–H groups in total. The molecule has 3 rings (SSSR count). The van der Waals surface area contributed by atoms with Gasteiger partial charge >= 0.3 is 0 Å². The van der Waals surface area contributed by atoms with Gasteiger partial charge in [0.15, 0.2) is 0 Å². The van der Waals surface area contributed by atoms with Crippen molar-refractivity contribution in [2.45, 2.75) is 24.0 Å². The molecule has 0 spiro atoms. The molecular formula is C20H19N3O2S. The van der Waals surface area contributed by atoms with Crippen LogP contribution in [0.15, 0.2) is 70.4 Å². The monoisotopic (exact) mass is 365 g/mol. The Morgan fingerprint density at radius 2 is 1.85 bits per heavy atom. The van der Waals surface area contributed by atoms with Gasteiger partial charge in [0.1, 0.15) is 0 Å². The van der Waals surface area contributed by atoms with E-state index in [9.17, 15) is 9.59 Å². The van der Waals surface area contributed by atoms with Gasteiger partial charge in [0.05, 0.1) is 5.69 Å². The summed E-state index contributed by atoms with van der Waals surface area (Å²) >= 11 is 1.76. The van der Waals surface area contributed by atoms with Crippen LogP contribution in [0.1, 0.15) is 24.2 Å². The molecule has 132 valence electrons. The maximum absolute atomic E-state index is 12.5. The molecule has 5 nitrogen and oxygen atoms in total. The zero-order chi connectivity index (χ0) is 18.5. The minimum atomic E-state index is -0.253. The molecule has 0 aliphatic heterocycles. The van der Waals surface area contributed by atoms with Crippen LogP contribution in [-0.4, -0.2) is 21.4 Å². The lowest BCUT2D eigenvalue weighted by molar-refractivity contribution is 0.102. The lowest BCUT2D eigenvalue weighted by Gasteiger charge is -2.09. The lowest BCUT2D eigenvalue weighted by Crippen LogP contribution is -2.11. The minimum absolute atomic E-state index is 0.169. The second-order valence-corrected chi connectivity index (χ2v) is 7.68. The maximum atomic E-state index is 12.5. The first kappa shape index (κ1) is 17.9. The van der Waals surface area contributed by atoms with Crippen LogP contribution in [-0.2, 0) is 0 Å². The van der Waals surface area contributed by atoms with E-state index in [1.165, 1.54) is 6.07 Å². The van der Waals surface area contributed by atoms with E-state index < -0.39 is 0 Å². The Morgan fingerprint density at radius 1 is 1.08 bits per heavy atom. The Labute approximate surface area is 155 Å². The van der Waals surface area contributed by atoms with Gasteiger partial charge < -0.3 is 5.32 Å². The largest absolute Gasteiger partial charge is 0.322 e. The van der Waals surface area contributed by atoms with Gasteiger partial charge in [-0.3, -0.25) is 9.59 Å². The number of nitrogens with zero attached hydrogens (tertiary/aromatic N) is 1. The highest BCUT2D eigenvalue weighted by molar-refractivity contribution is 7.99. The third-order valence-electron chi connectivity index (χ3n) is 3.58. The van der Waals surface area contributed by atoms with Crippen LogP contribution in [0.3, 0.4) is 0 Å². The zero-order valence-corrected chi connectivity index (χ0v) is 15.3. The highest BCUT2D eigenvalue weighted by atomic mass is 32.2. The molecule has 0 atom stereocenters. The summed E-state index contributed by atoms with van der Waals surface area (Å²) in [4.78, 5) is 24.7. The Morgan fingerprint density at radius 3 is 2.50 bits per heavy atom. The molecule has 0 aliphatic carbocycles. The van der Waals surface area contributed by atoms with Crippen molar-refractivity contribution in [3.8, 4) is 11.3 Å². The summed E-state index contributed by atoms with van der Waals surface area (Å²) in [5.74, 6) is -0.169. The first-order chi connectivity index (χ1) is 12.5. The van der Waals surface area contributed by atoms with E-state index in [0.717, 1.165) is 10.5 Å². The van der Waals surface area contributed by atoms with Gasteiger partial charge in [0, 0.05) is 33.0 Å². The number of H-pyrrole nitrogens is 1. The Kier molecular flexibility index (Phi) is 5.53. The van der Waals surface area contributed by atoms with Crippen LogP contribution in [0.5, 0.6) is 0 Å². The molecule has 0 aliphatic rings. The van der Waals surface area contributed by atoms with Gasteiger partial charge in [0.2, 0.25) is 0 Å². The molecule has 2 aromatic carbocycles. The SMILES string of the molecule is CC(C)Sc1ccc(C(=O)Nc2cccc(-c3ccc(=O)[nH]n3)c2)cc1. The fourth-order valence-corrected chi connectivity index (χ4v) is 3.26. The van der Waals surface area contributed by atoms with Gasteiger partial charge in [-0.1, -0.05) is 26.0 Å². The highest BCUT2D eigenvalue weighted by Crippen LogP contribution is 2.24. The smallest absolute Gasteiger partial charge is 0.264 e. The van der Waals surface area contributed by atoms with Crippen molar-refractivity contribution in [2.24, 2.45) is 0 Å². The van der Waals surface area contributed by atoms with Crippen LogP contribution in [0.25, 0.3) is 11.3 Å². The van der Waals surface area contributed by atoms with E-state index in [2.05, 4.69) is 29.4 Å². The number of aromatic amines is 1. The Bertz CT molecular complexity index is 945. The molecule has 0 radical (unpaired) electrons. The number of carbonyl (C=O) groups excluding carboxylic acids is 1. The number of hydrogen-bond donors (Lipinski definition) is 2. The number of nitrogens with one attached hydrogen (secondary N) is 2. The standard InChI is InChI=1S/C20H19N3O2S/c1-13(2)26-17-8-6-14(7-9-17)20(25)21-16-5-3-4-15(12-16)18-10-11-19(24)23-22-18/h3-13H,1-2H3,(H,21,25)(H,23,24). The van der Waals surface area contributed by atoms with Gasteiger partial charge in [-0.2, -0.15) is 5.10 Å². The molecule has 1 amide bonds. The summed E-state index contributed by atoms with van der Waals surface area (Å²) in [5.41, 5.74) is 2.46. The maximum Gasteiger partial charge on any atom is 0.264 e. The highest BCUT2D eigenvalue weighted by Gasteiger charge is 2.08. The zero-order valence-electron chi connectivity index (χ0n) is 14.5. The third kappa shape index (κ3) is 4.61. The van der Waals surface area contributed by atoms with Gasteiger partial charge in [-0.25, -0.2) is 5.10 Å². The molecule has 0 unspecified atom stereocenters. The molecule has 6 heteroatoms. The molecule has 1 aromatic heterocycles. The summed E-state index contributed by atoms with van der Waals surface area (Å²) in [6, 6.07) is 18.0. The second kappa shape index (κ2) is 8.01. The van der Waals surface area contributed by atoms with Gasteiger partial charge in [0.25, 0.3) is 11.5 Å². The minimum Gasteiger partial charge on any atom is -0.322 e. The molecular weight excluding hydrogens is 346 g/mol. The summed E-state index contributed by atoms with van der Waals surface area (Å²) in [6.45, 7) is 4.27. The van der Waals surface area contributed by atoms with E-state index >= 15 is 0 Å². The number of benzene rings is 2. The van der Waals surface area contributed by atoms with Gasteiger partial charge in [-0.15, -0.1) is 11.8 Å². The average Bonchev–Trinajstić information content (AvgIpc) is 2.62. The first-order valence-electron chi connectivity index (χ1n) is 8.25. The predicted molar refractivity (Wildman–Crippen MR) is 106 cm³/mol. The van der Waals surface area contributed by atoms with E-state index in [-0.39, 0.29) is 11.5 Å². The predicted octanol–water partition coefficient (Wildman–Crippen LogP) is 4.19. The fourth-order valence-electron chi connectivity index (χ4n) is 2.42. The topological polar surface area (TPSA) is 74.8 Å². The first-order valence-corrected chi connectivity index (χ1v) is 9.13. The number of amides is 1. The van der Waals surface area contributed by atoms with Crippen molar-refractivity contribution in [3.05, 3.63) is 76.6 Å². The van der Waals surface area contributed by atoms with Crippen LogP contribution in [0.4, 0.5) is 5.69 Å². The quantitative estimate of drug-likeness (QED) is 0.665. The summed E-state index contributed by atoms with van der Waals surface area (Å²) in [5, 5.41) is 9.81. The molecule has 0 saturated carbocycles. The van der Waals surface area contributed by atoms with E-state index in [1.54, 1.807) is 17.8 Å². The van der Waals surface area contributed by atoms with E-state index in [1.807, 2.05) is 48.5 Å². The number of anilines is 1. The van der Waals surface area contributed by atoms with Crippen LogP contribution in [0.2, 0.25) is 0 Å².